The van der Waals surface area contributed by atoms with Crippen molar-refractivity contribution in [3.8, 4) is 17.4 Å². The van der Waals surface area contributed by atoms with E-state index in [1.165, 1.54) is 25.4 Å². The lowest BCUT2D eigenvalue weighted by molar-refractivity contribution is -0.124. The Bertz CT molecular complexity index is 778. The highest BCUT2D eigenvalue weighted by atomic mass is 16.6. The Morgan fingerprint density at radius 1 is 1.23 bits per heavy atom. The second kappa shape index (κ2) is 8.19. The number of fused-ring (bicyclic) bond motifs is 1. The maximum atomic E-state index is 11.9. The molecule has 0 aliphatic carbocycles. The molecule has 1 aromatic carbocycles. The van der Waals surface area contributed by atoms with Gasteiger partial charge in [0, 0.05) is 12.3 Å². The Hall–Kier alpha value is -3.29. The quantitative estimate of drug-likeness (QED) is 0.775. The Balaban J connectivity index is 1.41. The highest BCUT2D eigenvalue weighted by Gasteiger charge is 2.21. The molecule has 1 aromatic heterocycles. The molecule has 2 heterocycles. The van der Waals surface area contributed by atoms with Crippen LogP contribution in [-0.2, 0) is 9.53 Å². The fraction of sp³-hybridized carbons (Fsp3) is 0.278. The highest BCUT2D eigenvalue weighted by molar-refractivity contribution is 5.91. The summed E-state index contributed by atoms with van der Waals surface area (Å²) < 4.78 is 21.2. The summed E-state index contributed by atoms with van der Waals surface area (Å²) in [5.41, 5.74) is 0.235. The van der Waals surface area contributed by atoms with Gasteiger partial charge < -0.3 is 24.3 Å². The average Bonchev–Trinajstić information content (AvgIpc) is 2.70. The number of hydrogen-bond donors (Lipinski definition) is 1. The number of pyridine rings is 1. The second-order valence-electron chi connectivity index (χ2n) is 5.47. The molecule has 26 heavy (non-hydrogen) atoms. The molecule has 0 fully saturated rings. The van der Waals surface area contributed by atoms with Crippen molar-refractivity contribution in [2.45, 2.75) is 6.10 Å². The number of carbonyl (C=O) groups excluding carboxylic acids is 2. The van der Waals surface area contributed by atoms with Crippen LogP contribution in [-0.4, -0.2) is 49.8 Å². The van der Waals surface area contributed by atoms with Crippen molar-refractivity contribution in [1.82, 2.24) is 10.3 Å². The molecular weight excluding hydrogens is 340 g/mol. The van der Waals surface area contributed by atoms with Crippen molar-refractivity contribution in [2.75, 3.05) is 26.9 Å². The number of nitrogens with one attached hydrogen (secondary N) is 1. The van der Waals surface area contributed by atoms with Gasteiger partial charge in [-0.25, -0.2) is 9.78 Å². The fourth-order valence-electron chi connectivity index (χ4n) is 2.28. The smallest absolute Gasteiger partial charge is 0.340 e. The largest absolute Gasteiger partial charge is 0.486 e. The first kappa shape index (κ1) is 17.5. The number of rotatable bonds is 6. The summed E-state index contributed by atoms with van der Waals surface area (Å²) in [6.07, 6.45) is 1.01. The van der Waals surface area contributed by atoms with E-state index >= 15 is 0 Å². The average molecular weight is 358 g/mol. The van der Waals surface area contributed by atoms with Crippen molar-refractivity contribution < 1.29 is 28.5 Å². The van der Waals surface area contributed by atoms with Gasteiger partial charge in [-0.05, 0) is 18.2 Å². The lowest BCUT2D eigenvalue weighted by atomic mass is 10.2. The van der Waals surface area contributed by atoms with Gasteiger partial charge in [0.15, 0.2) is 18.1 Å². The number of benzene rings is 1. The van der Waals surface area contributed by atoms with Crippen LogP contribution in [0.1, 0.15) is 10.4 Å². The molecular formula is C18H18N2O6. The van der Waals surface area contributed by atoms with E-state index in [1.807, 2.05) is 18.2 Å². The zero-order valence-corrected chi connectivity index (χ0v) is 14.1. The molecule has 1 N–H and O–H groups in total. The third-order valence-corrected chi connectivity index (χ3v) is 3.61. The fourth-order valence-corrected chi connectivity index (χ4v) is 2.28. The minimum atomic E-state index is -0.638. The highest BCUT2D eigenvalue weighted by Crippen LogP contribution is 2.30. The number of ether oxygens (including phenoxy) is 4. The molecule has 3 rings (SSSR count). The van der Waals surface area contributed by atoms with Crippen LogP contribution in [0.4, 0.5) is 0 Å². The molecule has 8 heteroatoms. The lowest BCUT2D eigenvalue weighted by Gasteiger charge is -2.26. The number of carbonyl (C=O) groups is 2. The third-order valence-electron chi connectivity index (χ3n) is 3.61. The van der Waals surface area contributed by atoms with E-state index in [0.29, 0.717) is 24.0 Å². The van der Waals surface area contributed by atoms with Crippen molar-refractivity contribution in [3.63, 3.8) is 0 Å². The van der Waals surface area contributed by atoms with Crippen LogP contribution in [0, 0.1) is 0 Å². The topological polar surface area (TPSA) is 96.0 Å². The van der Waals surface area contributed by atoms with Gasteiger partial charge in [0.05, 0.1) is 19.2 Å². The standard InChI is InChI=1S/C18H18N2O6/c1-23-17-7-6-12(8-20-17)18(22)25-11-16(21)19-9-13-10-24-14-4-2-3-5-15(14)26-13/h2-8,13H,9-11H2,1H3,(H,19,21). The summed E-state index contributed by atoms with van der Waals surface area (Å²) in [4.78, 5) is 27.6. The van der Waals surface area contributed by atoms with Gasteiger partial charge in [0.2, 0.25) is 5.88 Å². The number of esters is 1. The van der Waals surface area contributed by atoms with Crippen LogP contribution >= 0.6 is 0 Å². The summed E-state index contributed by atoms with van der Waals surface area (Å²) >= 11 is 0. The number of aromatic nitrogens is 1. The van der Waals surface area contributed by atoms with Gasteiger partial charge in [-0.1, -0.05) is 12.1 Å². The van der Waals surface area contributed by atoms with Crippen LogP contribution in [0.15, 0.2) is 42.6 Å². The maximum Gasteiger partial charge on any atom is 0.340 e. The van der Waals surface area contributed by atoms with Crippen LogP contribution in [0.2, 0.25) is 0 Å². The maximum absolute atomic E-state index is 11.9. The number of hydrogen-bond acceptors (Lipinski definition) is 7. The minimum Gasteiger partial charge on any atom is -0.486 e. The summed E-state index contributed by atoms with van der Waals surface area (Å²) in [6.45, 7) is 0.179. The number of methoxy groups -OCH3 is 1. The van der Waals surface area contributed by atoms with Crippen LogP contribution in [0.25, 0.3) is 0 Å². The zero-order valence-electron chi connectivity index (χ0n) is 14.1. The SMILES string of the molecule is COc1ccc(C(=O)OCC(=O)NCC2COc3ccccc3O2)cn1. The number of amides is 1. The van der Waals surface area contributed by atoms with Crippen LogP contribution in [0.3, 0.4) is 0 Å². The van der Waals surface area contributed by atoms with E-state index in [1.54, 1.807) is 6.07 Å². The molecule has 0 spiro atoms. The predicted octanol–water partition coefficient (Wildman–Crippen LogP) is 1.20. The van der Waals surface area contributed by atoms with Crippen LogP contribution in [0.5, 0.6) is 17.4 Å². The Labute approximate surface area is 150 Å². The van der Waals surface area contributed by atoms with Gasteiger partial charge in [-0.15, -0.1) is 0 Å². The van der Waals surface area contributed by atoms with Gasteiger partial charge in [-0.2, -0.15) is 0 Å². The van der Waals surface area contributed by atoms with E-state index in [-0.39, 0.29) is 18.2 Å². The zero-order chi connectivity index (χ0) is 18.4. The molecule has 0 saturated heterocycles. The Morgan fingerprint density at radius 3 is 2.77 bits per heavy atom. The summed E-state index contributed by atoms with van der Waals surface area (Å²) in [5.74, 6) is 0.632. The van der Waals surface area contributed by atoms with Crippen molar-refractivity contribution in [1.29, 1.82) is 0 Å². The third kappa shape index (κ3) is 4.41. The molecule has 1 amide bonds. The van der Waals surface area contributed by atoms with Crippen LogP contribution < -0.4 is 19.5 Å². The van der Waals surface area contributed by atoms with Gasteiger partial charge in [0.1, 0.15) is 12.7 Å². The minimum absolute atomic E-state index is 0.235. The van der Waals surface area contributed by atoms with E-state index in [2.05, 4.69) is 10.3 Å². The first-order valence-electron chi connectivity index (χ1n) is 7.98. The number of para-hydroxylation sites is 2. The van der Waals surface area contributed by atoms with E-state index in [0.717, 1.165) is 0 Å². The summed E-state index contributed by atoms with van der Waals surface area (Å²) in [5, 5.41) is 2.65. The number of nitrogens with zero attached hydrogens (tertiary/aromatic N) is 1. The molecule has 0 saturated carbocycles. The molecule has 1 aliphatic rings. The van der Waals surface area contributed by atoms with E-state index in [4.69, 9.17) is 18.9 Å². The predicted molar refractivity (Wildman–Crippen MR) is 90.4 cm³/mol. The van der Waals surface area contributed by atoms with E-state index < -0.39 is 18.5 Å². The van der Waals surface area contributed by atoms with E-state index in [9.17, 15) is 9.59 Å². The van der Waals surface area contributed by atoms with Gasteiger partial charge >= 0.3 is 5.97 Å². The summed E-state index contributed by atoms with van der Waals surface area (Å²) in [6, 6.07) is 10.4. The molecule has 136 valence electrons. The van der Waals surface area contributed by atoms with Gasteiger partial charge in [-0.3, -0.25) is 4.79 Å². The molecule has 0 bridgehead atoms. The van der Waals surface area contributed by atoms with Crippen molar-refractivity contribution in [3.05, 3.63) is 48.2 Å². The molecule has 8 nitrogen and oxygen atoms in total. The summed E-state index contributed by atoms with van der Waals surface area (Å²) in [7, 11) is 1.48. The first-order chi connectivity index (χ1) is 12.7. The molecule has 1 unspecified atom stereocenters. The lowest BCUT2D eigenvalue weighted by Crippen LogP contribution is -2.42. The van der Waals surface area contributed by atoms with Crippen molar-refractivity contribution in [2.24, 2.45) is 0 Å². The first-order valence-corrected chi connectivity index (χ1v) is 7.98. The second-order valence-corrected chi connectivity index (χ2v) is 5.47. The Morgan fingerprint density at radius 2 is 2.04 bits per heavy atom. The normalized spacial score (nSPS) is 15.0. The monoisotopic (exact) mass is 358 g/mol. The van der Waals surface area contributed by atoms with Crippen molar-refractivity contribution >= 4 is 11.9 Å². The van der Waals surface area contributed by atoms with Gasteiger partial charge in [0.25, 0.3) is 5.91 Å². The molecule has 0 radical (unpaired) electrons. The molecule has 1 aliphatic heterocycles. The molecule has 1 atom stereocenters. The Kier molecular flexibility index (Phi) is 5.52. The molecule has 2 aromatic rings.